The fourth-order valence-electron chi connectivity index (χ4n) is 5.35. The lowest BCUT2D eigenvalue weighted by Crippen LogP contribution is -2.59. The number of hydrogen-bond acceptors (Lipinski definition) is 4. The van der Waals surface area contributed by atoms with Gasteiger partial charge in [0.05, 0.1) is 12.3 Å². The highest BCUT2D eigenvalue weighted by molar-refractivity contribution is 7.88. The Morgan fingerprint density at radius 3 is 2.50 bits per heavy atom. The molecule has 0 amide bonds. The molecular formula is C24H31N3O2S. The molecule has 2 aliphatic heterocycles. The molecule has 0 unspecified atom stereocenters. The van der Waals surface area contributed by atoms with Crippen LogP contribution in [0.2, 0.25) is 0 Å². The summed E-state index contributed by atoms with van der Waals surface area (Å²) in [6.07, 6.45) is 6.04. The van der Waals surface area contributed by atoms with Gasteiger partial charge in [0.1, 0.15) is 0 Å². The number of hydrogen-bond donors (Lipinski definition) is 1. The first-order chi connectivity index (χ1) is 14.5. The van der Waals surface area contributed by atoms with E-state index in [0.29, 0.717) is 12.0 Å². The average molecular weight is 426 g/mol. The number of nitrogens with one attached hydrogen (secondary N) is 1. The van der Waals surface area contributed by atoms with Crippen LogP contribution in [0.1, 0.15) is 35.4 Å². The number of fused-ring (bicyclic) bond motifs is 1. The summed E-state index contributed by atoms with van der Waals surface area (Å²) in [5, 5.41) is 0. The van der Waals surface area contributed by atoms with E-state index in [2.05, 4.69) is 63.1 Å². The zero-order chi connectivity index (χ0) is 20.7. The molecule has 2 saturated heterocycles. The van der Waals surface area contributed by atoms with E-state index in [-0.39, 0.29) is 6.04 Å². The molecule has 3 aliphatic rings. The van der Waals surface area contributed by atoms with Crippen LogP contribution in [0, 0.1) is 0 Å². The molecular weight excluding hydrogens is 394 g/mol. The van der Waals surface area contributed by atoms with Crippen LogP contribution in [-0.4, -0.2) is 57.8 Å². The van der Waals surface area contributed by atoms with Crippen LogP contribution in [0.5, 0.6) is 0 Å². The number of sulfonamides is 1. The van der Waals surface area contributed by atoms with Crippen LogP contribution in [0.15, 0.2) is 48.5 Å². The lowest BCUT2D eigenvalue weighted by Gasteiger charge is -2.46. The van der Waals surface area contributed by atoms with Gasteiger partial charge >= 0.3 is 0 Å². The Labute approximate surface area is 180 Å². The molecule has 0 saturated carbocycles. The molecule has 0 spiro atoms. The summed E-state index contributed by atoms with van der Waals surface area (Å²) in [5.41, 5.74) is 5.62. The quantitative estimate of drug-likeness (QED) is 0.773. The molecule has 160 valence electrons. The van der Waals surface area contributed by atoms with Gasteiger partial charge < -0.3 is 4.90 Å². The maximum Gasteiger partial charge on any atom is 0.209 e. The Hall–Kier alpha value is -1.89. The number of rotatable bonds is 6. The van der Waals surface area contributed by atoms with Crippen molar-refractivity contribution in [2.45, 2.75) is 43.7 Å². The molecule has 0 radical (unpaired) electrons. The first-order valence-corrected chi connectivity index (χ1v) is 13.0. The number of nitrogens with zero attached hydrogens (tertiary/aromatic N) is 2. The Kier molecular flexibility index (Phi) is 5.33. The monoisotopic (exact) mass is 425 g/mol. The molecule has 1 N–H and O–H groups in total. The third-order valence-corrected chi connectivity index (χ3v) is 7.75. The largest absolute Gasteiger partial charge is 0.368 e. The van der Waals surface area contributed by atoms with Crippen LogP contribution in [0.3, 0.4) is 0 Å². The summed E-state index contributed by atoms with van der Waals surface area (Å²) >= 11 is 0. The minimum Gasteiger partial charge on any atom is -0.368 e. The molecule has 0 bridgehead atoms. The smallest absolute Gasteiger partial charge is 0.209 e. The van der Waals surface area contributed by atoms with Crippen molar-refractivity contribution in [2.75, 3.05) is 37.3 Å². The van der Waals surface area contributed by atoms with E-state index in [0.717, 1.165) is 25.9 Å². The molecule has 0 aromatic heterocycles. The summed E-state index contributed by atoms with van der Waals surface area (Å²) in [5.74, 6) is 0.516. The SMILES string of the molecule is CS(=O)(=O)NC1CN(c2ccc3c(c2)[C@@H](Cc2ccccc2)[C@@H](N2CCC2)CC3)C1. The van der Waals surface area contributed by atoms with Crippen molar-refractivity contribution in [2.24, 2.45) is 0 Å². The number of likely N-dealkylation sites (tertiary alicyclic amines) is 1. The lowest BCUT2D eigenvalue weighted by atomic mass is 9.74. The molecule has 2 aromatic carbocycles. The summed E-state index contributed by atoms with van der Waals surface area (Å²) in [6.45, 7) is 3.95. The van der Waals surface area contributed by atoms with Crippen molar-refractivity contribution in [1.29, 1.82) is 0 Å². The third-order valence-electron chi connectivity index (χ3n) is 6.99. The predicted octanol–water partition coefficient (Wildman–Crippen LogP) is 2.77. The van der Waals surface area contributed by atoms with E-state index in [4.69, 9.17) is 0 Å². The fourth-order valence-corrected chi connectivity index (χ4v) is 6.11. The lowest BCUT2D eigenvalue weighted by molar-refractivity contribution is 0.0877. The number of anilines is 1. The molecule has 2 fully saturated rings. The van der Waals surface area contributed by atoms with E-state index in [9.17, 15) is 8.42 Å². The van der Waals surface area contributed by atoms with Crippen molar-refractivity contribution < 1.29 is 8.42 Å². The van der Waals surface area contributed by atoms with E-state index in [1.807, 2.05) is 0 Å². The number of benzene rings is 2. The first kappa shape index (κ1) is 20.0. The van der Waals surface area contributed by atoms with Gasteiger partial charge in [-0.05, 0) is 67.6 Å². The van der Waals surface area contributed by atoms with Gasteiger partial charge in [0, 0.05) is 30.7 Å². The van der Waals surface area contributed by atoms with E-state index >= 15 is 0 Å². The van der Waals surface area contributed by atoms with Crippen molar-refractivity contribution in [3.05, 3.63) is 65.2 Å². The van der Waals surface area contributed by atoms with Crippen LogP contribution in [0.25, 0.3) is 0 Å². The summed E-state index contributed by atoms with van der Waals surface area (Å²) in [6, 6.07) is 18.4. The second-order valence-electron chi connectivity index (χ2n) is 9.17. The minimum atomic E-state index is -3.14. The first-order valence-electron chi connectivity index (χ1n) is 11.1. The Balaban J connectivity index is 1.39. The Bertz CT molecular complexity index is 998. The van der Waals surface area contributed by atoms with Crippen molar-refractivity contribution in [3.8, 4) is 0 Å². The summed E-state index contributed by atoms with van der Waals surface area (Å²) < 4.78 is 25.7. The Morgan fingerprint density at radius 2 is 1.83 bits per heavy atom. The van der Waals surface area contributed by atoms with E-state index in [1.165, 1.54) is 54.6 Å². The van der Waals surface area contributed by atoms with Gasteiger partial charge in [-0.3, -0.25) is 4.90 Å². The van der Waals surface area contributed by atoms with Gasteiger partial charge in [0.15, 0.2) is 0 Å². The van der Waals surface area contributed by atoms with E-state index in [1.54, 1.807) is 0 Å². The van der Waals surface area contributed by atoms with Gasteiger partial charge in [0.25, 0.3) is 0 Å². The zero-order valence-electron chi connectivity index (χ0n) is 17.6. The van der Waals surface area contributed by atoms with Crippen molar-refractivity contribution >= 4 is 15.7 Å². The molecule has 2 atom stereocenters. The summed E-state index contributed by atoms with van der Waals surface area (Å²) in [4.78, 5) is 4.97. The van der Waals surface area contributed by atoms with Gasteiger partial charge in [-0.1, -0.05) is 36.4 Å². The topological polar surface area (TPSA) is 52.7 Å². The molecule has 6 heteroatoms. The predicted molar refractivity (Wildman–Crippen MR) is 122 cm³/mol. The van der Waals surface area contributed by atoms with Gasteiger partial charge in [0.2, 0.25) is 10.0 Å². The minimum absolute atomic E-state index is 0.0185. The highest BCUT2D eigenvalue weighted by Crippen LogP contribution is 2.40. The number of aryl methyl sites for hydroxylation is 1. The van der Waals surface area contributed by atoms with Crippen LogP contribution in [-0.2, 0) is 22.9 Å². The summed E-state index contributed by atoms with van der Waals surface area (Å²) in [7, 11) is -3.14. The second kappa shape index (κ2) is 7.98. The fraction of sp³-hybridized carbons (Fsp3) is 0.500. The maximum atomic E-state index is 11.5. The molecule has 30 heavy (non-hydrogen) atoms. The van der Waals surface area contributed by atoms with Gasteiger partial charge in [-0.25, -0.2) is 13.1 Å². The average Bonchev–Trinajstić information content (AvgIpc) is 2.64. The Morgan fingerprint density at radius 1 is 1.07 bits per heavy atom. The second-order valence-corrected chi connectivity index (χ2v) is 10.9. The maximum absolute atomic E-state index is 11.5. The highest BCUT2D eigenvalue weighted by atomic mass is 32.2. The van der Waals surface area contributed by atoms with Crippen LogP contribution in [0.4, 0.5) is 5.69 Å². The molecule has 5 nitrogen and oxygen atoms in total. The molecule has 2 heterocycles. The normalized spacial score (nSPS) is 24.8. The van der Waals surface area contributed by atoms with Crippen LogP contribution < -0.4 is 9.62 Å². The standard InChI is InChI=1S/C24H31N3O2S/c1-30(28,29)25-20-16-27(17-20)21-10-8-19-9-11-24(26-12-5-13-26)23(22(19)15-21)14-18-6-3-2-4-7-18/h2-4,6-8,10,15,20,23-25H,5,9,11-14,16-17H2,1H3/t23-,24+/m1/s1. The molecule has 5 rings (SSSR count). The molecule has 1 aliphatic carbocycles. The van der Waals surface area contributed by atoms with E-state index < -0.39 is 10.0 Å². The van der Waals surface area contributed by atoms with Crippen molar-refractivity contribution in [3.63, 3.8) is 0 Å². The van der Waals surface area contributed by atoms with Crippen LogP contribution >= 0.6 is 0 Å². The van der Waals surface area contributed by atoms with Gasteiger partial charge in [-0.2, -0.15) is 0 Å². The van der Waals surface area contributed by atoms with Gasteiger partial charge in [-0.15, -0.1) is 0 Å². The zero-order valence-corrected chi connectivity index (χ0v) is 18.4. The third kappa shape index (κ3) is 4.13. The molecule has 2 aromatic rings. The van der Waals surface area contributed by atoms with Crippen molar-refractivity contribution in [1.82, 2.24) is 9.62 Å². The highest BCUT2D eigenvalue weighted by Gasteiger charge is 2.37.